The number of halogens is 1. The summed E-state index contributed by atoms with van der Waals surface area (Å²) < 4.78 is 0. The summed E-state index contributed by atoms with van der Waals surface area (Å²) in [6.07, 6.45) is 1.83. The molecule has 0 aromatic heterocycles. The number of piperazine rings is 1. The quantitative estimate of drug-likeness (QED) is 0.827. The van der Waals surface area contributed by atoms with Gasteiger partial charge in [0, 0.05) is 29.7 Å². The Labute approximate surface area is 106 Å². The van der Waals surface area contributed by atoms with Crippen LogP contribution in [0.4, 0.5) is 5.69 Å². The van der Waals surface area contributed by atoms with Crippen LogP contribution in [-0.4, -0.2) is 24.5 Å². The lowest BCUT2D eigenvalue weighted by Crippen LogP contribution is -2.59. The second kappa shape index (κ2) is 3.91. The van der Waals surface area contributed by atoms with Crippen molar-refractivity contribution in [3.63, 3.8) is 0 Å². The Bertz CT molecular complexity index is 474. The average Bonchev–Trinajstić information content (AvgIpc) is 2.70. The first-order chi connectivity index (χ1) is 8.20. The third-order valence-corrected chi connectivity index (χ3v) is 3.99. The Morgan fingerprint density at radius 3 is 3.12 bits per heavy atom. The number of hydrogen-bond donors (Lipinski definition) is 1. The van der Waals surface area contributed by atoms with Gasteiger partial charge in [-0.15, -0.1) is 0 Å². The van der Waals surface area contributed by atoms with Crippen LogP contribution in [0.3, 0.4) is 0 Å². The van der Waals surface area contributed by atoms with Gasteiger partial charge in [0.2, 0.25) is 5.91 Å². The van der Waals surface area contributed by atoms with Gasteiger partial charge in [0.15, 0.2) is 0 Å². The molecule has 1 aromatic rings. The predicted octanol–water partition coefficient (Wildman–Crippen LogP) is 1.98. The van der Waals surface area contributed by atoms with Crippen LogP contribution in [0, 0.1) is 0 Å². The minimum atomic E-state index is -0.0397. The van der Waals surface area contributed by atoms with Crippen molar-refractivity contribution in [3.8, 4) is 0 Å². The molecule has 3 nitrogen and oxygen atoms in total. The Morgan fingerprint density at radius 2 is 2.35 bits per heavy atom. The summed E-state index contributed by atoms with van der Waals surface area (Å²) in [5, 5.41) is 3.73. The highest BCUT2D eigenvalue weighted by Crippen LogP contribution is 2.37. The number of benzene rings is 1. The molecule has 90 valence electrons. The highest BCUT2D eigenvalue weighted by atomic mass is 35.5. The van der Waals surface area contributed by atoms with Gasteiger partial charge < -0.3 is 10.2 Å². The number of carbonyl (C=O) groups excluding carboxylic acids is 1. The fourth-order valence-electron chi connectivity index (χ4n) is 2.87. The van der Waals surface area contributed by atoms with E-state index in [4.69, 9.17) is 11.6 Å². The van der Waals surface area contributed by atoms with E-state index in [1.165, 1.54) is 5.56 Å². The molecule has 2 atom stereocenters. The van der Waals surface area contributed by atoms with Crippen LogP contribution in [0.15, 0.2) is 18.2 Å². The van der Waals surface area contributed by atoms with Gasteiger partial charge in [0.05, 0.1) is 0 Å². The van der Waals surface area contributed by atoms with Crippen LogP contribution in [0.2, 0.25) is 5.02 Å². The molecule has 1 saturated heterocycles. The first kappa shape index (κ1) is 10.9. The van der Waals surface area contributed by atoms with Crippen LogP contribution in [-0.2, 0) is 11.2 Å². The molecular weight excluding hydrogens is 236 g/mol. The summed E-state index contributed by atoms with van der Waals surface area (Å²) >= 11 is 6.05. The molecule has 0 spiro atoms. The monoisotopic (exact) mass is 250 g/mol. The highest BCUT2D eigenvalue weighted by Gasteiger charge is 2.41. The normalized spacial score (nSPS) is 26.5. The summed E-state index contributed by atoms with van der Waals surface area (Å²) in [6.45, 7) is 2.89. The van der Waals surface area contributed by atoms with E-state index < -0.39 is 0 Å². The minimum Gasteiger partial charge on any atom is -0.354 e. The van der Waals surface area contributed by atoms with E-state index in [-0.39, 0.29) is 11.9 Å². The van der Waals surface area contributed by atoms with E-state index in [1.54, 1.807) is 0 Å². The van der Waals surface area contributed by atoms with Crippen molar-refractivity contribution < 1.29 is 4.79 Å². The smallest absolute Gasteiger partial charge is 0.243 e. The molecular formula is C13H15ClN2O. The molecule has 1 fully saturated rings. The molecule has 0 saturated carbocycles. The molecule has 0 bridgehead atoms. The molecule has 3 rings (SSSR count). The summed E-state index contributed by atoms with van der Waals surface area (Å²) in [4.78, 5) is 14.2. The molecule has 4 heteroatoms. The topological polar surface area (TPSA) is 32.3 Å². The lowest BCUT2D eigenvalue weighted by molar-refractivity contribution is -0.123. The lowest BCUT2D eigenvalue weighted by Gasteiger charge is -2.39. The minimum absolute atomic E-state index is 0.0397. The third kappa shape index (κ3) is 1.61. The number of hydrogen-bond acceptors (Lipinski definition) is 2. The summed E-state index contributed by atoms with van der Waals surface area (Å²) in [5.74, 6) is 0.141. The van der Waals surface area contributed by atoms with Crippen molar-refractivity contribution >= 4 is 23.2 Å². The van der Waals surface area contributed by atoms with Gasteiger partial charge in [-0.2, -0.15) is 0 Å². The molecule has 2 heterocycles. The van der Waals surface area contributed by atoms with Gasteiger partial charge in [0.1, 0.15) is 6.04 Å². The number of fused-ring (bicyclic) bond motifs is 3. The van der Waals surface area contributed by atoms with Crippen LogP contribution in [0.25, 0.3) is 0 Å². The number of nitrogens with zero attached hydrogens (tertiary/aromatic N) is 1. The largest absolute Gasteiger partial charge is 0.354 e. The molecule has 2 aliphatic rings. The zero-order valence-electron chi connectivity index (χ0n) is 9.74. The van der Waals surface area contributed by atoms with Gasteiger partial charge in [-0.1, -0.05) is 24.6 Å². The van der Waals surface area contributed by atoms with Crippen LogP contribution in [0.5, 0.6) is 0 Å². The standard InChI is InChI=1S/C13H15ClN2O/c1-2-10-7-15-13(17)12-5-8-3-4-9(14)6-11(8)16(10)12/h3-4,6,10,12H,2,5,7H2,1H3,(H,15,17)/t10-,12-/m0/s1. The second-order valence-electron chi connectivity index (χ2n) is 4.71. The Morgan fingerprint density at radius 1 is 1.53 bits per heavy atom. The molecule has 0 radical (unpaired) electrons. The molecule has 0 unspecified atom stereocenters. The average molecular weight is 251 g/mol. The maximum Gasteiger partial charge on any atom is 0.243 e. The molecule has 1 aromatic carbocycles. The van der Waals surface area contributed by atoms with Crippen molar-refractivity contribution in [2.24, 2.45) is 0 Å². The number of nitrogens with one attached hydrogen (secondary N) is 1. The highest BCUT2D eigenvalue weighted by molar-refractivity contribution is 6.31. The van der Waals surface area contributed by atoms with Crippen molar-refractivity contribution in [2.75, 3.05) is 11.4 Å². The van der Waals surface area contributed by atoms with E-state index in [0.717, 1.165) is 30.1 Å². The van der Waals surface area contributed by atoms with Gasteiger partial charge in [0.25, 0.3) is 0 Å². The molecule has 0 aliphatic carbocycles. The lowest BCUT2D eigenvalue weighted by atomic mass is 10.1. The van der Waals surface area contributed by atoms with Gasteiger partial charge in [-0.05, 0) is 24.1 Å². The van der Waals surface area contributed by atoms with Crippen LogP contribution in [0.1, 0.15) is 18.9 Å². The summed E-state index contributed by atoms with van der Waals surface area (Å²) in [5.41, 5.74) is 2.37. The van der Waals surface area contributed by atoms with E-state index in [9.17, 15) is 4.79 Å². The van der Waals surface area contributed by atoms with Crippen LogP contribution >= 0.6 is 11.6 Å². The molecule has 1 N–H and O–H groups in total. The fraction of sp³-hybridized carbons (Fsp3) is 0.462. The van der Waals surface area contributed by atoms with Crippen molar-refractivity contribution in [1.82, 2.24) is 5.32 Å². The Hall–Kier alpha value is -1.22. The zero-order chi connectivity index (χ0) is 12.0. The fourth-order valence-corrected chi connectivity index (χ4v) is 3.04. The van der Waals surface area contributed by atoms with E-state index in [0.29, 0.717) is 6.04 Å². The first-order valence-corrected chi connectivity index (χ1v) is 6.43. The Kier molecular flexibility index (Phi) is 2.51. The van der Waals surface area contributed by atoms with Crippen molar-refractivity contribution in [1.29, 1.82) is 0 Å². The second-order valence-corrected chi connectivity index (χ2v) is 5.14. The summed E-state index contributed by atoms with van der Waals surface area (Å²) in [6, 6.07) is 6.27. The van der Waals surface area contributed by atoms with Crippen LogP contribution < -0.4 is 10.2 Å². The number of rotatable bonds is 1. The van der Waals surface area contributed by atoms with E-state index in [1.807, 2.05) is 18.2 Å². The molecule has 1 amide bonds. The van der Waals surface area contributed by atoms with Gasteiger partial charge >= 0.3 is 0 Å². The first-order valence-electron chi connectivity index (χ1n) is 6.05. The number of carbonyl (C=O) groups is 1. The SMILES string of the molecule is CC[C@H]1CNC(=O)[C@@H]2Cc3ccc(Cl)cc3N12. The molecule has 17 heavy (non-hydrogen) atoms. The maximum absolute atomic E-state index is 11.9. The summed E-state index contributed by atoms with van der Waals surface area (Å²) in [7, 11) is 0. The number of anilines is 1. The zero-order valence-corrected chi connectivity index (χ0v) is 10.5. The Balaban J connectivity index is 2.06. The maximum atomic E-state index is 11.9. The number of amides is 1. The predicted molar refractivity (Wildman–Crippen MR) is 68.5 cm³/mol. The third-order valence-electron chi connectivity index (χ3n) is 3.75. The van der Waals surface area contributed by atoms with E-state index in [2.05, 4.69) is 17.1 Å². The van der Waals surface area contributed by atoms with Crippen molar-refractivity contribution in [3.05, 3.63) is 28.8 Å². The van der Waals surface area contributed by atoms with Crippen molar-refractivity contribution in [2.45, 2.75) is 31.8 Å². The van der Waals surface area contributed by atoms with E-state index >= 15 is 0 Å². The molecule has 2 aliphatic heterocycles. The van der Waals surface area contributed by atoms with Gasteiger partial charge in [-0.25, -0.2) is 0 Å². The van der Waals surface area contributed by atoms with Gasteiger partial charge in [-0.3, -0.25) is 4.79 Å².